The van der Waals surface area contributed by atoms with Gasteiger partial charge in [0.1, 0.15) is 12.3 Å². The highest BCUT2D eigenvalue weighted by molar-refractivity contribution is 6.55. The number of halogens is 5. The van der Waals surface area contributed by atoms with Gasteiger partial charge in [0.15, 0.2) is 5.78 Å². The first-order valence-electron chi connectivity index (χ1n) is 12.7. The number of carbonyl (C=O) groups excluding carboxylic acids is 5. The second-order valence-electron chi connectivity index (χ2n) is 9.44. The van der Waals surface area contributed by atoms with Gasteiger partial charge in [0.05, 0.1) is 41.7 Å². The Bertz CT molecular complexity index is 1920. The summed E-state index contributed by atoms with van der Waals surface area (Å²) in [5.41, 5.74) is -0.953. The monoisotopic (exact) mass is 719 g/mol. The maximum Gasteiger partial charge on any atom is 0.343 e. The Labute approximate surface area is 283 Å². The maximum absolute atomic E-state index is 13.7. The van der Waals surface area contributed by atoms with Gasteiger partial charge in [-0.05, 0) is 60.7 Å². The molecule has 0 radical (unpaired) electrons. The number of hydrogen-bond acceptors (Lipinski definition) is 8. The number of rotatable bonds is 8. The fourth-order valence-electron chi connectivity index (χ4n) is 4.35. The molecule has 0 spiro atoms. The van der Waals surface area contributed by atoms with Crippen molar-refractivity contribution >= 4 is 93.2 Å². The van der Waals surface area contributed by atoms with Crippen molar-refractivity contribution in [2.24, 2.45) is 0 Å². The highest BCUT2D eigenvalue weighted by Crippen LogP contribution is 2.45. The molecule has 0 saturated heterocycles. The van der Waals surface area contributed by atoms with Crippen LogP contribution in [0.15, 0.2) is 72.8 Å². The van der Waals surface area contributed by atoms with Gasteiger partial charge in [-0.1, -0.05) is 58.0 Å². The summed E-state index contributed by atoms with van der Waals surface area (Å²) < 4.78 is 5.27. The molecule has 1 aliphatic heterocycles. The van der Waals surface area contributed by atoms with Crippen LogP contribution in [0.5, 0.6) is 5.75 Å². The van der Waals surface area contributed by atoms with Gasteiger partial charge in [-0.3, -0.25) is 29.3 Å². The molecule has 5 rings (SSSR count). The number of fused-ring (bicyclic) bond motifs is 1. The summed E-state index contributed by atoms with van der Waals surface area (Å²) >= 11 is 30.7. The van der Waals surface area contributed by atoms with Crippen molar-refractivity contribution < 1.29 is 33.6 Å². The number of benzene rings is 4. The molecule has 0 atom stereocenters. The van der Waals surface area contributed by atoms with E-state index in [-0.39, 0.29) is 48.2 Å². The van der Waals surface area contributed by atoms with Gasteiger partial charge in [-0.2, -0.15) is 5.01 Å². The van der Waals surface area contributed by atoms with Crippen LogP contribution in [0, 0.1) is 10.1 Å². The molecule has 0 bridgehead atoms. The molecule has 0 unspecified atom stereocenters. The lowest BCUT2D eigenvalue weighted by Gasteiger charge is -2.29. The van der Waals surface area contributed by atoms with Gasteiger partial charge in [-0.25, -0.2) is 9.80 Å². The van der Waals surface area contributed by atoms with Gasteiger partial charge in [-0.15, -0.1) is 0 Å². The minimum absolute atomic E-state index is 0.0165. The van der Waals surface area contributed by atoms with Crippen molar-refractivity contribution in [3.63, 3.8) is 0 Å². The summed E-state index contributed by atoms with van der Waals surface area (Å²) in [5.74, 6) is -4.56. The molecule has 16 heteroatoms. The van der Waals surface area contributed by atoms with Gasteiger partial charge in [0, 0.05) is 28.3 Å². The molecule has 11 nitrogen and oxygen atoms in total. The van der Waals surface area contributed by atoms with Gasteiger partial charge in [0.25, 0.3) is 23.4 Å². The SMILES string of the molecule is O=C(CN(C(=O)c1ccc(Cl)cc1)N1C(=O)c2c(Cl)c(Cl)c(Cl)c(Cl)c2C1=O)c1ccc(OC(=O)c2ccc([N+](=O)[O-])cc2)cc1. The van der Waals surface area contributed by atoms with Crippen LogP contribution in [0.3, 0.4) is 0 Å². The number of ether oxygens (including phenoxy) is 1. The van der Waals surface area contributed by atoms with E-state index in [0.29, 0.717) is 15.0 Å². The molecule has 0 aromatic heterocycles. The number of esters is 1. The van der Waals surface area contributed by atoms with Gasteiger partial charge in [0.2, 0.25) is 0 Å². The van der Waals surface area contributed by atoms with E-state index in [1.165, 1.54) is 60.7 Å². The third-order valence-electron chi connectivity index (χ3n) is 6.64. The first kappa shape index (κ1) is 32.9. The van der Waals surface area contributed by atoms with Crippen molar-refractivity contribution in [1.29, 1.82) is 0 Å². The minimum atomic E-state index is -1.07. The van der Waals surface area contributed by atoms with Crippen LogP contribution in [0.2, 0.25) is 25.1 Å². The Kier molecular flexibility index (Phi) is 9.34. The molecule has 4 aromatic carbocycles. The van der Waals surface area contributed by atoms with Crippen LogP contribution in [0.25, 0.3) is 0 Å². The Balaban J connectivity index is 1.42. The normalized spacial score (nSPS) is 12.2. The van der Waals surface area contributed by atoms with Gasteiger partial charge < -0.3 is 4.74 Å². The fourth-order valence-corrected chi connectivity index (χ4v) is 5.49. The van der Waals surface area contributed by atoms with E-state index in [0.717, 1.165) is 12.1 Å². The summed E-state index contributed by atoms with van der Waals surface area (Å²) in [6.07, 6.45) is 0. The van der Waals surface area contributed by atoms with Crippen molar-refractivity contribution in [3.05, 3.63) is 136 Å². The molecule has 1 aliphatic rings. The highest BCUT2D eigenvalue weighted by Gasteiger charge is 2.46. The van der Waals surface area contributed by atoms with E-state index >= 15 is 0 Å². The lowest BCUT2D eigenvalue weighted by atomic mass is 10.1. The first-order valence-corrected chi connectivity index (χ1v) is 14.6. The Morgan fingerprint density at radius 3 is 1.67 bits per heavy atom. The fraction of sp³-hybridized carbons (Fsp3) is 0.0333. The predicted octanol–water partition coefficient (Wildman–Crippen LogP) is 7.62. The molecule has 3 amide bonds. The number of nitro benzene ring substituents is 1. The molecule has 0 N–H and O–H groups in total. The molecular formula is C30H14Cl5N3O8. The highest BCUT2D eigenvalue weighted by atomic mass is 35.5. The number of hydrogen-bond donors (Lipinski definition) is 0. The number of ketones is 1. The Morgan fingerprint density at radius 2 is 1.17 bits per heavy atom. The number of imide groups is 1. The van der Waals surface area contributed by atoms with Crippen LogP contribution >= 0.6 is 58.0 Å². The second kappa shape index (κ2) is 13.1. The number of nitro groups is 1. The van der Waals surface area contributed by atoms with Crippen LogP contribution in [-0.4, -0.2) is 51.0 Å². The molecule has 232 valence electrons. The zero-order valence-corrected chi connectivity index (χ0v) is 26.4. The van der Waals surface area contributed by atoms with Crippen LogP contribution in [0.4, 0.5) is 5.69 Å². The third kappa shape index (κ3) is 6.15. The smallest absolute Gasteiger partial charge is 0.343 e. The van der Waals surface area contributed by atoms with E-state index in [4.69, 9.17) is 62.7 Å². The summed E-state index contributed by atoms with van der Waals surface area (Å²) in [6.45, 7) is -0.814. The number of amides is 3. The maximum atomic E-state index is 13.7. The number of carbonyl (C=O) groups is 5. The van der Waals surface area contributed by atoms with Crippen molar-refractivity contribution in [1.82, 2.24) is 10.0 Å². The van der Waals surface area contributed by atoms with E-state index < -0.39 is 52.1 Å². The number of non-ortho nitro benzene ring substituents is 1. The lowest BCUT2D eigenvalue weighted by molar-refractivity contribution is -0.384. The molecule has 0 aliphatic carbocycles. The summed E-state index contributed by atoms with van der Waals surface area (Å²) in [7, 11) is 0. The molecule has 0 saturated carbocycles. The summed E-state index contributed by atoms with van der Waals surface area (Å²) in [5, 5.41) is 10.9. The molecular weight excluding hydrogens is 708 g/mol. The third-order valence-corrected chi connectivity index (χ3v) is 8.69. The minimum Gasteiger partial charge on any atom is -0.423 e. The number of Topliss-reactive ketones (excluding diaryl/α,β-unsaturated/α-hetero) is 1. The van der Waals surface area contributed by atoms with Crippen LogP contribution in [0.1, 0.15) is 51.8 Å². The lowest BCUT2D eigenvalue weighted by Crippen LogP contribution is -2.51. The number of hydrazine groups is 1. The zero-order valence-electron chi connectivity index (χ0n) is 22.6. The zero-order chi connectivity index (χ0) is 33.4. The molecule has 4 aromatic rings. The Hall–Kier alpha value is -4.52. The topological polar surface area (TPSA) is 144 Å². The predicted molar refractivity (Wildman–Crippen MR) is 168 cm³/mol. The quantitative estimate of drug-likeness (QED) is 0.0264. The van der Waals surface area contributed by atoms with E-state index in [1.807, 2.05) is 0 Å². The first-order chi connectivity index (χ1) is 21.8. The van der Waals surface area contributed by atoms with E-state index in [9.17, 15) is 34.1 Å². The second-order valence-corrected chi connectivity index (χ2v) is 11.4. The molecule has 1 heterocycles. The summed E-state index contributed by atoms with van der Waals surface area (Å²) in [4.78, 5) is 77.0. The Morgan fingerprint density at radius 1 is 0.696 bits per heavy atom. The van der Waals surface area contributed by atoms with E-state index in [1.54, 1.807) is 0 Å². The average molecular weight is 722 g/mol. The number of nitrogens with zero attached hydrogens (tertiary/aromatic N) is 3. The van der Waals surface area contributed by atoms with Crippen LogP contribution in [-0.2, 0) is 0 Å². The van der Waals surface area contributed by atoms with Crippen molar-refractivity contribution in [3.8, 4) is 5.75 Å². The van der Waals surface area contributed by atoms with Crippen molar-refractivity contribution in [2.75, 3.05) is 6.54 Å². The average Bonchev–Trinajstić information content (AvgIpc) is 3.31. The summed E-state index contributed by atoms with van der Waals surface area (Å²) in [6, 6.07) is 15.4. The molecule has 46 heavy (non-hydrogen) atoms. The standard InChI is InChI=1S/C30H14Cl5N3O8/c31-17-7-1-15(2-8-17)27(40)36(37-28(41)21-22(29(37)42)24(33)26(35)25(34)23(21)32)13-20(39)14-5-11-19(12-6-14)46-30(43)16-3-9-18(10-4-16)38(44)45/h1-12H,13H2. The van der Waals surface area contributed by atoms with E-state index in [2.05, 4.69) is 0 Å². The van der Waals surface area contributed by atoms with Crippen molar-refractivity contribution in [2.45, 2.75) is 0 Å². The van der Waals surface area contributed by atoms with Gasteiger partial charge >= 0.3 is 5.97 Å². The molecule has 0 fully saturated rings. The van der Waals surface area contributed by atoms with Crippen LogP contribution < -0.4 is 4.74 Å². The largest absolute Gasteiger partial charge is 0.423 e.